The molecule has 1 aliphatic rings. The van der Waals surface area contributed by atoms with E-state index in [0.29, 0.717) is 0 Å². The summed E-state index contributed by atoms with van der Waals surface area (Å²) in [5, 5.41) is 9.20. The van der Waals surface area contributed by atoms with Crippen molar-refractivity contribution < 1.29 is 24.2 Å². The first-order valence-corrected chi connectivity index (χ1v) is 8.32. The van der Waals surface area contributed by atoms with Crippen molar-refractivity contribution in [2.75, 3.05) is 13.2 Å². The quantitative estimate of drug-likeness (QED) is 0.582. The van der Waals surface area contributed by atoms with Crippen molar-refractivity contribution in [3.05, 3.63) is 59.7 Å². The van der Waals surface area contributed by atoms with Crippen LogP contribution in [-0.2, 0) is 19.1 Å². The summed E-state index contributed by atoms with van der Waals surface area (Å²) < 4.78 is 5.30. The van der Waals surface area contributed by atoms with Gasteiger partial charge in [0.2, 0.25) is 0 Å². The number of esters is 1. The average Bonchev–Trinajstić information content (AvgIpc) is 2.97. The molecule has 0 aliphatic heterocycles. The summed E-state index contributed by atoms with van der Waals surface area (Å²) in [5.74, 6) is -4.49. The Morgan fingerprint density at radius 3 is 2.04 bits per heavy atom. The lowest BCUT2D eigenvalue weighted by Crippen LogP contribution is -2.31. The normalized spacial score (nSPS) is 13.6. The molecule has 1 unspecified atom stereocenters. The third-order valence-electron chi connectivity index (χ3n) is 4.60. The number of fused-ring (bicyclic) bond motifs is 3. The van der Waals surface area contributed by atoms with Gasteiger partial charge in [-0.3, -0.25) is 14.4 Å². The van der Waals surface area contributed by atoms with E-state index in [0.717, 1.165) is 22.3 Å². The number of benzene rings is 2. The molecule has 6 nitrogen and oxygen atoms in total. The van der Waals surface area contributed by atoms with Crippen LogP contribution in [0.5, 0.6) is 0 Å². The summed E-state index contributed by atoms with van der Waals surface area (Å²) >= 11 is 0. The topological polar surface area (TPSA) is 107 Å². The lowest BCUT2D eigenvalue weighted by atomic mass is 9.98. The number of nitrogens with two attached hydrogens (primary N) is 1. The van der Waals surface area contributed by atoms with Gasteiger partial charge in [-0.05, 0) is 22.3 Å². The van der Waals surface area contributed by atoms with E-state index < -0.39 is 30.1 Å². The van der Waals surface area contributed by atoms with Gasteiger partial charge in [0.05, 0.1) is 6.54 Å². The minimum Gasteiger partial charge on any atom is -0.481 e. The summed E-state index contributed by atoms with van der Waals surface area (Å²) in [4.78, 5) is 34.9. The van der Waals surface area contributed by atoms with E-state index in [9.17, 15) is 19.5 Å². The highest BCUT2D eigenvalue weighted by Gasteiger charge is 2.33. The number of ether oxygens (including phenoxy) is 1. The van der Waals surface area contributed by atoms with Gasteiger partial charge in [0.1, 0.15) is 12.4 Å². The van der Waals surface area contributed by atoms with Crippen LogP contribution < -0.4 is 5.73 Å². The van der Waals surface area contributed by atoms with E-state index >= 15 is 0 Å². The standard InChI is InChI=1S/C20H19NO5/c21-10-12(22)9-17(19(23)24)20(25)26-11-18-15-7-3-1-5-13(15)14-6-2-4-8-16(14)18/h1-8,17-18H,9-11,21H2,(H,23,24). The number of carboxylic acids is 1. The molecule has 3 rings (SSSR count). The maximum absolute atomic E-state index is 12.2. The van der Waals surface area contributed by atoms with Crippen LogP contribution in [0.2, 0.25) is 0 Å². The average molecular weight is 353 g/mol. The Kier molecular flexibility index (Phi) is 5.14. The van der Waals surface area contributed by atoms with E-state index in [1.165, 1.54) is 0 Å². The maximum atomic E-state index is 12.2. The van der Waals surface area contributed by atoms with Crippen molar-refractivity contribution in [1.29, 1.82) is 0 Å². The molecule has 6 heteroatoms. The molecular weight excluding hydrogens is 334 g/mol. The molecule has 0 heterocycles. The second-order valence-electron chi connectivity index (χ2n) is 6.19. The third kappa shape index (κ3) is 3.36. The second kappa shape index (κ2) is 7.49. The molecular formula is C20H19NO5. The Morgan fingerprint density at radius 1 is 1.00 bits per heavy atom. The zero-order valence-electron chi connectivity index (χ0n) is 14.1. The molecule has 0 spiro atoms. The van der Waals surface area contributed by atoms with Crippen LogP contribution in [0.4, 0.5) is 0 Å². The molecule has 0 saturated heterocycles. The lowest BCUT2D eigenvalue weighted by molar-refractivity contribution is -0.160. The maximum Gasteiger partial charge on any atom is 0.320 e. The Hall–Kier alpha value is -2.99. The van der Waals surface area contributed by atoms with Gasteiger partial charge in [-0.1, -0.05) is 48.5 Å². The molecule has 0 fully saturated rings. The van der Waals surface area contributed by atoms with Gasteiger partial charge in [-0.2, -0.15) is 0 Å². The van der Waals surface area contributed by atoms with E-state index in [1.54, 1.807) is 0 Å². The van der Waals surface area contributed by atoms with Crippen molar-refractivity contribution >= 4 is 17.7 Å². The number of hydrogen-bond acceptors (Lipinski definition) is 5. The van der Waals surface area contributed by atoms with E-state index in [2.05, 4.69) is 0 Å². The van der Waals surface area contributed by atoms with Gasteiger partial charge < -0.3 is 15.6 Å². The van der Waals surface area contributed by atoms with E-state index in [1.807, 2.05) is 48.5 Å². The fraction of sp³-hybridized carbons (Fsp3) is 0.250. The molecule has 2 aromatic carbocycles. The van der Waals surface area contributed by atoms with Gasteiger partial charge in [-0.15, -0.1) is 0 Å². The Bertz CT molecular complexity index is 815. The summed E-state index contributed by atoms with van der Waals surface area (Å²) in [6, 6.07) is 15.7. The van der Waals surface area contributed by atoms with Gasteiger partial charge in [-0.25, -0.2) is 0 Å². The molecule has 1 aliphatic carbocycles. The number of rotatable bonds is 7. The zero-order chi connectivity index (χ0) is 18.7. The van der Waals surface area contributed by atoms with Crippen LogP contribution in [0, 0.1) is 5.92 Å². The van der Waals surface area contributed by atoms with Crippen molar-refractivity contribution in [2.24, 2.45) is 11.7 Å². The van der Waals surface area contributed by atoms with Crippen LogP contribution in [0.15, 0.2) is 48.5 Å². The summed E-state index contributed by atoms with van der Waals surface area (Å²) in [6.07, 6.45) is -0.456. The van der Waals surface area contributed by atoms with Crippen molar-refractivity contribution in [1.82, 2.24) is 0 Å². The van der Waals surface area contributed by atoms with E-state index in [4.69, 9.17) is 10.5 Å². The van der Waals surface area contributed by atoms with E-state index in [-0.39, 0.29) is 19.1 Å². The first-order valence-electron chi connectivity index (χ1n) is 8.32. The first-order chi connectivity index (χ1) is 12.5. The van der Waals surface area contributed by atoms with Gasteiger partial charge in [0.25, 0.3) is 0 Å². The highest BCUT2D eigenvalue weighted by atomic mass is 16.5. The van der Waals surface area contributed by atoms with Crippen molar-refractivity contribution in [3.8, 4) is 11.1 Å². The molecule has 134 valence electrons. The fourth-order valence-corrected chi connectivity index (χ4v) is 3.29. The number of carbonyl (C=O) groups is 3. The van der Waals surface area contributed by atoms with Crippen LogP contribution in [0.25, 0.3) is 11.1 Å². The number of carbonyl (C=O) groups excluding carboxylic acids is 2. The van der Waals surface area contributed by atoms with Crippen LogP contribution >= 0.6 is 0 Å². The molecule has 1 atom stereocenters. The summed E-state index contributed by atoms with van der Waals surface area (Å²) in [7, 11) is 0. The molecule has 2 aromatic rings. The monoisotopic (exact) mass is 353 g/mol. The molecule has 0 bridgehead atoms. The number of ketones is 1. The predicted octanol–water partition coefficient (Wildman–Crippen LogP) is 1.96. The molecule has 0 radical (unpaired) electrons. The lowest BCUT2D eigenvalue weighted by Gasteiger charge is -2.16. The molecule has 0 saturated carbocycles. The first kappa shape index (κ1) is 17.8. The SMILES string of the molecule is NCC(=O)CC(C(=O)O)C(=O)OCC1c2ccccc2-c2ccccc21. The minimum absolute atomic E-state index is 0.0213. The van der Waals surface area contributed by atoms with Crippen molar-refractivity contribution in [3.63, 3.8) is 0 Å². The second-order valence-corrected chi connectivity index (χ2v) is 6.19. The highest BCUT2D eigenvalue weighted by molar-refractivity contribution is 5.98. The molecule has 0 aromatic heterocycles. The number of Topliss-reactive ketones (excluding diaryl/α,β-unsaturated/α-hetero) is 1. The zero-order valence-corrected chi connectivity index (χ0v) is 14.1. The minimum atomic E-state index is -1.53. The van der Waals surface area contributed by atoms with Crippen LogP contribution in [-0.4, -0.2) is 36.0 Å². The number of hydrogen-bond donors (Lipinski definition) is 2. The third-order valence-corrected chi connectivity index (χ3v) is 4.60. The smallest absolute Gasteiger partial charge is 0.320 e. The highest BCUT2D eigenvalue weighted by Crippen LogP contribution is 2.44. The van der Waals surface area contributed by atoms with Gasteiger partial charge in [0, 0.05) is 12.3 Å². The van der Waals surface area contributed by atoms with Gasteiger partial charge in [0.15, 0.2) is 5.92 Å². The largest absolute Gasteiger partial charge is 0.481 e. The van der Waals surface area contributed by atoms with Crippen LogP contribution in [0.1, 0.15) is 23.5 Å². The number of aliphatic carboxylic acids is 1. The van der Waals surface area contributed by atoms with Crippen LogP contribution in [0.3, 0.4) is 0 Å². The Balaban J connectivity index is 1.78. The van der Waals surface area contributed by atoms with Gasteiger partial charge >= 0.3 is 11.9 Å². The molecule has 0 amide bonds. The number of carboxylic acid groups (broad SMARTS) is 1. The Morgan fingerprint density at radius 2 is 1.54 bits per heavy atom. The fourth-order valence-electron chi connectivity index (χ4n) is 3.29. The molecule has 26 heavy (non-hydrogen) atoms. The molecule has 3 N–H and O–H groups in total. The predicted molar refractivity (Wildman–Crippen MR) is 94.5 cm³/mol. The Labute approximate surface area is 150 Å². The summed E-state index contributed by atoms with van der Waals surface area (Å²) in [6.45, 7) is -0.284. The summed E-state index contributed by atoms with van der Waals surface area (Å²) in [5.41, 5.74) is 9.43. The van der Waals surface area contributed by atoms with Crippen molar-refractivity contribution in [2.45, 2.75) is 12.3 Å².